The second-order valence-corrected chi connectivity index (χ2v) is 12.1. The average Bonchev–Trinajstić information content (AvgIpc) is 2.84. The SMILES string of the molecule is CC(C)(C)OC(=O)NCCCCC(N)C(=O)NCCCCC(C=O)NC(=O)C(N)CCCCNC(=O)OC(C)(C)C. The fourth-order valence-corrected chi connectivity index (χ4v) is 3.55. The van der Waals surface area contributed by atoms with Gasteiger partial charge in [0.05, 0.1) is 18.1 Å². The van der Waals surface area contributed by atoms with E-state index < -0.39 is 47.4 Å². The summed E-state index contributed by atoms with van der Waals surface area (Å²) in [5, 5.41) is 10.8. The normalized spacial score (nSPS) is 13.8. The molecule has 0 saturated heterocycles. The van der Waals surface area contributed by atoms with Crippen molar-refractivity contribution in [1.29, 1.82) is 0 Å². The van der Waals surface area contributed by atoms with Gasteiger partial charge in [0.25, 0.3) is 0 Å². The first kappa shape index (κ1) is 38.1. The van der Waals surface area contributed by atoms with Gasteiger partial charge in [-0.15, -0.1) is 0 Å². The van der Waals surface area contributed by atoms with Crippen molar-refractivity contribution in [3.63, 3.8) is 0 Å². The van der Waals surface area contributed by atoms with Crippen LogP contribution in [0.3, 0.4) is 0 Å². The number of nitrogens with one attached hydrogen (secondary N) is 4. The van der Waals surface area contributed by atoms with Gasteiger partial charge in [-0.1, -0.05) is 0 Å². The first-order valence-electron chi connectivity index (χ1n) is 14.5. The molecule has 238 valence electrons. The van der Waals surface area contributed by atoms with Gasteiger partial charge in [-0.2, -0.15) is 0 Å². The Balaban J connectivity index is 3.98. The zero-order valence-electron chi connectivity index (χ0n) is 25.8. The van der Waals surface area contributed by atoms with Crippen molar-refractivity contribution in [3.8, 4) is 0 Å². The lowest BCUT2D eigenvalue weighted by molar-refractivity contribution is -0.125. The van der Waals surface area contributed by atoms with Crippen LogP contribution >= 0.6 is 0 Å². The minimum atomic E-state index is -0.757. The summed E-state index contributed by atoms with van der Waals surface area (Å²) >= 11 is 0. The highest BCUT2D eigenvalue weighted by molar-refractivity contribution is 5.84. The van der Waals surface area contributed by atoms with Crippen LogP contribution in [0.25, 0.3) is 0 Å². The molecule has 3 unspecified atom stereocenters. The van der Waals surface area contributed by atoms with Gasteiger partial charge in [0, 0.05) is 19.6 Å². The number of nitrogens with two attached hydrogens (primary N) is 2. The maximum Gasteiger partial charge on any atom is 0.407 e. The summed E-state index contributed by atoms with van der Waals surface area (Å²) in [6.07, 6.45) is 4.90. The Morgan fingerprint density at radius 1 is 0.634 bits per heavy atom. The molecule has 0 heterocycles. The zero-order valence-corrected chi connectivity index (χ0v) is 25.8. The molecular weight excluding hydrogens is 532 g/mol. The summed E-state index contributed by atoms with van der Waals surface area (Å²) in [6, 6.07) is -2.06. The van der Waals surface area contributed by atoms with Crippen molar-refractivity contribution in [1.82, 2.24) is 21.3 Å². The van der Waals surface area contributed by atoms with Crippen molar-refractivity contribution in [2.45, 2.75) is 129 Å². The fraction of sp³-hybridized carbons (Fsp3) is 0.821. The van der Waals surface area contributed by atoms with Crippen LogP contribution in [0, 0.1) is 0 Å². The quantitative estimate of drug-likeness (QED) is 0.0966. The van der Waals surface area contributed by atoms with E-state index in [1.807, 2.05) is 0 Å². The van der Waals surface area contributed by atoms with Gasteiger partial charge in [-0.3, -0.25) is 9.59 Å². The van der Waals surface area contributed by atoms with Gasteiger partial charge in [-0.25, -0.2) is 9.59 Å². The lowest BCUT2D eigenvalue weighted by atomic mass is 10.1. The van der Waals surface area contributed by atoms with E-state index in [9.17, 15) is 24.0 Å². The van der Waals surface area contributed by atoms with E-state index in [0.29, 0.717) is 83.7 Å². The molecule has 41 heavy (non-hydrogen) atoms. The third-order valence-corrected chi connectivity index (χ3v) is 5.63. The van der Waals surface area contributed by atoms with E-state index in [1.165, 1.54) is 0 Å². The van der Waals surface area contributed by atoms with Crippen molar-refractivity contribution < 1.29 is 33.4 Å². The summed E-state index contributed by atoms with van der Waals surface area (Å²) in [7, 11) is 0. The summed E-state index contributed by atoms with van der Waals surface area (Å²) in [4.78, 5) is 59.1. The molecule has 0 aromatic rings. The van der Waals surface area contributed by atoms with Crippen LogP contribution in [-0.2, 0) is 23.9 Å². The number of hydrogen-bond donors (Lipinski definition) is 6. The van der Waals surface area contributed by atoms with Crippen LogP contribution in [0.1, 0.15) is 99.3 Å². The lowest BCUT2D eigenvalue weighted by Crippen LogP contribution is -2.46. The number of carbonyl (C=O) groups is 5. The number of hydrogen-bond acceptors (Lipinski definition) is 9. The van der Waals surface area contributed by atoms with Crippen LogP contribution in [0.2, 0.25) is 0 Å². The second kappa shape index (κ2) is 20.0. The Bertz CT molecular complexity index is 811. The first-order chi connectivity index (χ1) is 19.0. The molecule has 0 aliphatic heterocycles. The fourth-order valence-electron chi connectivity index (χ4n) is 3.55. The maximum absolute atomic E-state index is 12.3. The third-order valence-electron chi connectivity index (χ3n) is 5.63. The third kappa shape index (κ3) is 22.4. The van der Waals surface area contributed by atoms with Gasteiger partial charge < -0.3 is 47.0 Å². The Labute approximate surface area is 245 Å². The Kier molecular flexibility index (Phi) is 18.6. The molecule has 0 aliphatic rings. The van der Waals surface area contributed by atoms with Crippen molar-refractivity contribution in [2.24, 2.45) is 11.5 Å². The van der Waals surface area contributed by atoms with Crippen LogP contribution in [0.15, 0.2) is 0 Å². The number of unbranched alkanes of at least 4 members (excludes halogenated alkanes) is 3. The minimum absolute atomic E-state index is 0.252. The highest BCUT2D eigenvalue weighted by atomic mass is 16.6. The summed E-state index contributed by atoms with van der Waals surface area (Å²) in [5.41, 5.74) is 10.8. The van der Waals surface area contributed by atoms with Crippen LogP contribution < -0.4 is 32.7 Å². The molecule has 4 amide bonds. The summed E-state index contributed by atoms with van der Waals surface area (Å²) in [5.74, 6) is -0.652. The number of rotatable bonds is 19. The molecular formula is C28H54N6O7. The van der Waals surface area contributed by atoms with E-state index >= 15 is 0 Å². The van der Waals surface area contributed by atoms with E-state index in [0.717, 1.165) is 0 Å². The highest BCUT2D eigenvalue weighted by Gasteiger charge is 2.19. The predicted octanol–water partition coefficient (Wildman–Crippen LogP) is 2.00. The van der Waals surface area contributed by atoms with Gasteiger partial charge in [0.2, 0.25) is 11.8 Å². The standard InChI is InChI=1S/C28H54N6O7/c1-27(2,3)40-25(38)32-17-11-8-14-21(29)23(36)31-16-10-7-13-20(19-35)34-24(37)22(30)15-9-12-18-33-26(39)41-28(4,5)6/h19-22H,7-18,29-30H2,1-6H3,(H,31,36)(H,32,38)(H,33,39)(H,34,37). The topological polar surface area (TPSA) is 204 Å². The lowest BCUT2D eigenvalue weighted by Gasteiger charge is -2.19. The number of alkyl carbamates (subject to hydrolysis) is 2. The molecule has 13 nitrogen and oxygen atoms in total. The van der Waals surface area contributed by atoms with Crippen molar-refractivity contribution in [2.75, 3.05) is 19.6 Å². The monoisotopic (exact) mass is 586 g/mol. The average molecular weight is 587 g/mol. The smallest absolute Gasteiger partial charge is 0.407 e. The number of amides is 4. The van der Waals surface area contributed by atoms with Gasteiger partial charge >= 0.3 is 12.2 Å². The number of carbonyl (C=O) groups excluding carboxylic acids is 5. The van der Waals surface area contributed by atoms with Crippen molar-refractivity contribution >= 4 is 30.3 Å². The number of aldehydes is 1. The molecule has 0 aliphatic carbocycles. The first-order valence-corrected chi connectivity index (χ1v) is 14.5. The van der Waals surface area contributed by atoms with Crippen LogP contribution in [0.4, 0.5) is 9.59 Å². The minimum Gasteiger partial charge on any atom is -0.444 e. The van der Waals surface area contributed by atoms with Gasteiger partial charge in [0.1, 0.15) is 17.5 Å². The molecule has 0 bridgehead atoms. The van der Waals surface area contributed by atoms with E-state index in [-0.39, 0.29) is 5.91 Å². The van der Waals surface area contributed by atoms with Crippen LogP contribution in [-0.4, -0.2) is 79.2 Å². The maximum atomic E-state index is 12.3. The highest BCUT2D eigenvalue weighted by Crippen LogP contribution is 2.08. The summed E-state index contributed by atoms with van der Waals surface area (Å²) < 4.78 is 10.3. The zero-order chi connectivity index (χ0) is 31.5. The van der Waals surface area contributed by atoms with Gasteiger partial charge in [-0.05, 0) is 99.3 Å². The molecule has 3 atom stereocenters. The molecule has 13 heteroatoms. The Morgan fingerprint density at radius 3 is 1.44 bits per heavy atom. The van der Waals surface area contributed by atoms with Crippen molar-refractivity contribution in [3.05, 3.63) is 0 Å². The Morgan fingerprint density at radius 2 is 1.02 bits per heavy atom. The van der Waals surface area contributed by atoms with E-state index in [4.69, 9.17) is 20.9 Å². The molecule has 0 fully saturated rings. The summed E-state index contributed by atoms with van der Waals surface area (Å²) in [6.45, 7) is 12.0. The molecule has 0 saturated carbocycles. The van der Waals surface area contributed by atoms with Gasteiger partial charge in [0.15, 0.2) is 0 Å². The second-order valence-electron chi connectivity index (χ2n) is 12.1. The van der Waals surface area contributed by atoms with Crippen LogP contribution in [0.5, 0.6) is 0 Å². The molecule has 8 N–H and O–H groups in total. The Hall–Kier alpha value is -2.93. The molecule has 0 spiro atoms. The molecule has 0 aromatic carbocycles. The predicted molar refractivity (Wildman–Crippen MR) is 157 cm³/mol. The van der Waals surface area contributed by atoms with E-state index in [2.05, 4.69) is 21.3 Å². The van der Waals surface area contributed by atoms with E-state index in [1.54, 1.807) is 41.5 Å². The molecule has 0 rings (SSSR count). The molecule has 0 radical (unpaired) electrons. The molecule has 0 aromatic heterocycles. The largest absolute Gasteiger partial charge is 0.444 e. The number of ether oxygens (including phenoxy) is 2.